The van der Waals surface area contributed by atoms with Crippen molar-refractivity contribution in [3.8, 4) is 5.69 Å². The molecule has 0 spiro atoms. The van der Waals surface area contributed by atoms with E-state index in [9.17, 15) is 14.4 Å². The molecule has 0 N–H and O–H groups in total. The van der Waals surface area contributed by atoms with Gasteiger partial charge in [0.25, 0.3) is 11.5 Å². The Morgan fingerprint density at radius 2 is 1.64 bits per heavy atom. The molecule has 2 aromatic heterocycles. The zero-order valence-corrected chi connectivity index (χ0v) is 18.1. The van der Waals surface area contributed by atoms with E-state index >= 15 is 0 Å². The molecule has 0 atom stereocenters. The molecule has 8 nitrogen and oxygen atoms in total. The number of benzene rings is 2. The highest BCUT2D eigenvalue weighted by Gasteiger charge is 2.26. The second-order valence-electron chi connectivity index (χ2n) is 8.04. The van der Waals surface area contributed by atoms with Gasteiger partial charge in [-0.25, -0.2) is 4.79 Å². The van der Waals surface area contributed by atoms with E-state index in [0.717, 1.165) is 5.56 Å². The van der Waals surface area contributed by atoms with Crippen molar-refractivity contribution in [2.45, 2.75) is 6.92 Å². The first-order chi connectivity index (χ1) is 16.0. The third-order valence-electron chi connectivity index (χ3n) is 5.83. The van der Waals surface area contributed by atoms with Gasteiger partial charge < -0.3 is 14.2 Å². The number of nitrogens with zero attached hydrogens (tertiary/aromatic N) is 4. The highest BCUT2D eigenvalue weighted by atomic mass is 16.4. The predicted octanol–water partition coefficient (Wildman–Crippen LogP) is 2.61. The number of aryl methyl sites for hydroxylation is 1. The number of fused-ring (bicyclic) bond motifs is 1. The molecule has 1 saturated heterocycles. The molecule has 1 amide bonds. The van der Waals surface area contributed by atoms with Crippen LogP contribution in [-0.4, -0.2) is 46.8 Å². The molecule has 3 heterocycles. The summed E-state index contributed by atoms with van der Waals surface area (Å²) in [4.78, 5) is 41.4. The lowest BCUT2D eigenvalue weighted by Gasteiger charge is -2.35. The fourth-order valence-corrected chi connectivity index (χ4v) is 3.96. The molecule has 166 valence electrons. The standard InChI is InChI=1S/C25H22N4O4/c1-17-6-8-19(9-7-17)29-23(30)11-10-22(26-29)27-12-14-28(15-13-27)24(31)20-16-18-4-2-3-5-21(18)33-25(20)32/h2-11,16H,12-15H2,1H3. The summed E-state index contributed by atoms with van der Waals surface area (Å²) in [7, 11) is 0. The summed E-state index contributed by atoms with van der Waals surface area (Å²) in [6.45, 7) is 3.90. The van der Waals surface area contributed by atoms with Crippen molar-refractivity contribution in [3.63, 3.8) is 0 Å². The van der Waals surface area contributed by atoms with Gasteiger partial charge in [-0.15, -0.1) is 5.10 Å². The first kappa shape index (κ1) is 20.7. The smallest absolute Gasteiger partial charge is 0.349 e. The van der Waals surface area contributed by atoms with Crippen LogP contribution < -0.4 is 16.1 Å². The zero-order chi connectivity index (χ0) is 22.9. The van der Waals surface area contributed by atoms with Gasteiger partial charge in [-0.3, -0.25) is 9.59 Å². The van der Waals surface area contributed by atoms with Crippen molar-refractivity contribution in [1.29, 1.82) is 0 Å². The number of amides is 1. The Balaban J connectivity index is 1.33. The molecule has 8 heteroatoms. The van der Waals surface area contributed by atoms with Crippen molar-refractivity contribution >= 4 is 22.7 Å². The van der Waals surface area contributed by atoms with Gasteiger partial charge in [0, 0.05) is 37.6 Å². The van der Waals surface area contributed by atoms with Gasteiger partial charge in [0.2, 0.25) is 0 Å². The molecule has 1 aliphatic rings. The molecule has 1 aliphatic heterocycles. The molecule has 0 saturated carbocycles. The van der Waals surface area contributed by atoms with Gasteiger partial charge in [-0.1, -0.05) is 35.9 Å². The molecule has 0 unspecified atom stereocenters. The number of para-hydroxylation sites is 1. The summed E-state index contributed by atoms with van der Waals surface area (Å²) in [6, 6.07) is 19.5. The largest absolute Gasteiger partial charge is 0.422 e. The molecular weight excluding hydrogens is 420 g/mol. The van der Waals surface area contributed by atoms with Crippen molar-refractivity contribution in [2.75, 3.05) is 31.1 Å². The van der Waals surface area contributed by atoms with Gasteiger partial charge in [0.05, 0.1) is 5.69 Å². The van der Waals surface area contributed by atoms with Crippen molar-refractivity contribution in [1.82, 2.24) is 14.7 Å². The van der Waals surface area contributed by atoms with Crippen molar-refractivity contribution in [3.05, 3.63) is 98.6 Å². The Morgan fingerprint density at radius 1 is 0.909 bits per heavy atom. The predicted molar refractivity (Wildman–Crippen MR) is 125 cm³/mol. The molecule has 0 radical (unpaired) electrons. The summed E-state index contributed by atoms with van der Waals surface area (Å²) in [6.07, 6.45) is 0. The second-order valence-corrected chi connectivity index (χ2v) is 8.04. The minimum absolute atomic E-state index is 0.0354. The van der Waals surface area contributed by atoms with E-state index in [0.29, 0.717) is 48.7 Å². The maximum Gasteiger partial charge on any atom is 0.349 e. The number of aromatic nitrogens is 2. The molecular formula is C25H22N4O4. The topological polar surface area (TPSA) is 88.7 Å². The summed E-state index contributed by atoms with van der Waals surface area (Å²) in [5.74, 6) is 0.319. The highest BCUT2D eigenvalue weighted by molar-refractivity contribution is 5.96. The fourth-order valence-electron chi connectivity index (χ4n) is 3.96. The van der Waals surface area contributed by atoms with Crippen LogP contribution in [0.5, 0.6) is 0 Å². The van der Waals surface area contributed by atoms with E-state index in [-0.39, 0.29) is 17.0 Å². The van der Waals surface area contributed by atoms with Crippen LogP contribution in [0.25, 0.3) is 16.7 Å². The van der Waals surface area contributed by atoms with E-state index in [1.807, 2.05) is 48.2 Å². The van der Waals surface area contributed by atoms with Crippen molar-refractivity contribution in [2.24, 2.45) is 0 Å². The van der Waals surface area contributed by atoms with Crippen LogP contribution in [0.4, 0.5) is 5.82 Å². The van der Waals surface area contributed by atoms with E-state index in [2.05, 4.69) is 5.10 Å². The van der Waals surface area contributed by atoms with Gasteiger partial charge >= 0.3 is 5.63 Å². The maximum absolute atomic E-state index is 13.0. The van der Waals surface area contributed by atoms with Crippen molar-refractivity contribution < 1.29 is 9.21 Å². The van der Waals surface area contributed by atoms with Crippen LogP contribution in [0.3, 0.4) is 0 Å². The number of hydrogen-bond acceptors (Lipinski definition) is 6. The third kappa shape index (κ3) is 4.03. The number of hydrogen-bond donors (Lipinski definition) is 0. The van der Waals surface area contributed by atoms with Gasteiger partial charge in [-0.05, 0) is 37.3 Å². The molecule has 1 fully saturated rings. The minimum Gasteiger partial charge on any atom is -0.422 e. The van der Waals surface area contributed by atoms with Crippen LogP contribution >= 0.6 is 0 Å². The Kier molecular flexibility index (Phi) is 5.26. The Morgan fingerprint density at radius 3 is 2.39 bits per heavy atom. The zero-order valence-electron chi connectivity index (χ0n) is 18.1. The molecule has 0 aliphatic carbocycles. The van der Waals surface area contributed by atoms with E-state index < -0.39 is 5.63 Å². The molecule has 4 aromatic rings. The molecule has 5 rings (SSSR count). The number of rotatable bonds is 3. The Labute approximate surface area is 189 Å². The summed E-state index contributed by atoms with van der Waals surface area (Å²) < 4.78 is 6.69. The van der Waals surface area contributed by atoms with E-state index in [1.165, 1.54) is 10.7 Å². The maximum atomic E-state index is 13.0. The number of piperazine rings is 1. The second kappa shape index (κ2) is 8.38. The number of anilines is 1. The molecule has 0 bridgehead atoms. The fraction of sp³-hybridized carbons (Fsp3) is 0.200. The van der Waals surface area contributed by atoms with Crippen LogP contribution in [-0.2, 0) is 0 Å². The van der Waals surface area contributed by atoms with Gasteiger partial charge in [0.15, 0.2) is 0 Å². The SMILES string of the molecule is Cc1ccc(-n2nc(N3CCN(C(=O)c4cc5ccccc5oc4=O)CC3)ccc2=O)cc1. The van der Waals surface area contributed by atoms with E-state index in [1.54, 1.807) is 29.2 Å². The first-order valence-electron chi connectivity index (χ1n) is 10.7. The lowest BCUT2D eigenvalue weighted by atomic mass is 10.1. The molecule has 2 aromatic carbocycles. The minimum atomic E-state index is -0.632. The van der Waals surface area contributed by atoms with Gasteiger partial charge in [0.1, 0.15) is 17.0 Å². The average Bonchev–Trinajstić information content (AvgIpc) is 2.84. The van der Waals surface area contributed by atoms with Crippen LogP contribution in [0.2, 0.25) is 0 Å². The number of carbonyl (C=O) groups excluding carboxylic acids is 1. The number of carbonyl (C=O) groups is 1. The summed E-state index contributed by atoms with van der Waals surface area (Å²) in [5, 5.41) is 5.24. The third-order valence-corrected chi connectivity index (χ3v) is 5.83. The Hall–Kier alpha value is -4.20. The normalized spacial score (nSPS) is 14.0. The summed E-state index contributed by atoms with van der Waals surface area (Å²) in [5.41, 5.74) is 1.45. The first-order valence-corrected chi connectivity index (χ1v) is 10.7. The van der Waals surface area contributed by atoms with E-state index in [4.69, 9.17) is 4.42 Å². The highest BCUT2D eigenvalue weighted by Crippen LogP contribution is 2.17. The van der Waals surface area contributed by atoms with Crippen LogP contribution in [0.1, 0.15) is 15.9 Å². The average molecular weight is 442 g/mol. The van der Waals surface area contributed by atoms with Crippen LogP contribution in [0.15, 0.2) is 80.7 Å². The summed E-state index contributed by atoms with van der Waals surface area (Å²) >= 11 is 0. The quantitative estimate of drug-likeness (QED) is 0.453. The monoisotopic (exact) mass is 442 g/mol. The van der Waals surface area contributed by atoms with Gasteiger partial charge in [-0.2, -0.15) is 4.68 Å². The van der Waals surface area contributed by atoms with Crippen LogP contribution in [0, 0.1) is 6.92 Å². The lowest BCUT2D eigenvalue weighted by molar-refractivity contribution is 0.0742. The Bertz CT molecular complexity index is 1450. The lowest BCUT2D eigenvalue weighted by Crippen LogP contribution is -2.50. The molecule has 33 heavy (non-hydrogen) atoms.